The Labute approximate surface area is 337 Å². The van der Waals surface area contributed by atoms with Crippen molar-refractivity contribution in [3.8, 4) is 11.8 Å². The molecule has 1 unspecified atom stereocenters. The monoisotopic (exact) mass is 797 g/mol. The highest BCUT2D eigenvalue weighted by Gasteiger charge is 2.59. The van der Waals surface area contributed by atoms with Gasteiger partial charge in [-0.2, -0.15) is 0 Å². The quantitative estimate of drug-likeness (QED) is 0.115. The van der Waals surface area contributed by atoms with E-state index in [4.69, 9.17) is 13.3 Å². The summed E-state index contributed by atoms with van der Waals surface area (Å²) in [5, 5.41) is 11.9. The molecular weight excluding hydrogens is 713 g/mol. The van der Waals surface area contributed by atoms with Gasteiger partial charge in [0.2, 0.25) is 0 Å². The van der Waals surface area contributed by atoms with Crippen molar-refractivity contribution in [3.05, 3.63) is 34.9 Å². The molecule has 0 amide bonds. The molecule has 0 aromatic rings. The summed E-state index contributed by atoms with van der Waals surface area (Å²) in [6.07, 6.45) is 12.5. The zero-order valence-electron chi connectivity index (χ0n) is 38.6. The molecule has 0 aromatic heterocycles. The largest absolute Gasteiger partial charge is 0.414 e. The van der Waals surface area contributed by atoms with E-state index >= 15 is 0 Å². The Kier molecular flexibility index (Phi) is 13.4. The van der Waals surface area contributed by atoms with Crippen LogP contribution in [0, 0.1) is 46.3 Å². The molecule has 4 aliphatic carbocycles. The Morgan fingerprint density at radius 3 is 2.00 bits per heavy atom. The van der Waals surface area contributed by atoms with Gasteiger partial charge in [-0.05, 0) is 124 Å². The van der Waals surface area contributed by atoms with E-state index in [0.29, 0.717) is 17.8 Å². The molecule has 0 radical (unpaired) electrons. The fourth-order valence-corrected chi connectivity index (χ4v) is 17.8. The van der Waals surface area contributed by atoms with Crippen molar-refractivity contribution in [2.24, 2.45) is 34.5 Å². The highest BCUT2D eigenvalue weighted by Crippen LogP contribution is 2.65. The second-order valence-corrected chi connectivity index (χ2v) is 35.9. The van der Waals surface area contributed by atoms with Crippen molar-refractivity contribution in [2.45, 2.75) is 214 Å². The van der Waals surface area contributed by atoms with Gasteiger partial charge in [-0.25, -0.2) is 0 Å². The van der Waals surface area contributed by atoms with Gasteiger partial charge in [0.1, 0.15) is 11.7 Å². The van der Waals surface area contributed by atoms with Crippen molar-refractivity contribution < 1.29 is 18.4 Å². The SMILES string of the molecule is CC[Si](CC)(CC)O[C@H]1C[C@H](O[Si](C)(C)C(C)(C)C(C)C)CC2=CC=C3[C@H](CC[C@]4(C)C([C@H](C)C(O)C#CC(C)(C)O[Si](C)(C)C(C)(C)C)=CC[C@@H]34)[C@]21C. The molecule has 2 fully saturated rings. The normalized spacial score (nSPS) is 30.6. The van der Waals surface area contributed by atoms with Crippen molar-refractivity contribution in [1.29, 1.82) is 0 Å². The molecule has 4 rings (SSSR count). The summed E-state index contributed by atoms with van der Waals surface area (Å²) < 4.78 is 21.8. The van der Waals surface area contributed by atoms with Crippen LogP contribution in [-0.2, 0) is 13.3 Å². The molecule has 0 saturated heterocycles. The van der Waals surface area contributed by atoms with E-state index in [2.05, 4.69) is 160 Å². The van der Waals surface area contributed by atoms with E-state index in [0.717, 1.165) is 32.1 Å². The van der Waals surface area contributed by atoms with Crippen molar-refractivity contribution in [3.63, 3.8) is 0 Å². The zero-order valence-corrected chi connectivity index (χ0v) is 41.6. The number of hydrogen-bond acceptors (Lipinski definition) is 4. The third-order valence-corrected chi connectivity index (χ3v) is 30.7. The number of rotatable bonds is 13. The van der Waals surface area contributed by atoms with Gasteiger partial charge in [0.25, 0.3) is 0 Å². The molecular formula is C47H84O4Si3. The summed E-state index contributed by atoms with van der Waals surface area (Å²) in [6, 6.07) is 3.51. The highest BCUT2D eigenvalue weighted by atomic mass is 28.4. The minimum atomic E-state index is -2.03. The van der Waals surface area contributed by atoms with Crippen LogP contribution in [0.4, 0.5) is 0 Å². The van der Waals surface area contributed by atoms with Gasteiger partial charge in [0.05, 0.1) is 12.2 Å². The fraction of sp³-hybridized carbons (Fsp3) is 0.830. The smallest absolute Gasteiger partial charge is 0.194 e. The van der Waals surface area contributed by atoms with E-state index in [1.54, 1.807) is 11.1 Å². The highest BCUT2D eigenvalue weighted by molar-refractivity contribution is 6.75. The van der Waals surface area contributed by atoms with Gasteiger partial charge in [0.15, 0.2) is 25.0 Å². The molecule has 8 atom stereocenters. The summed E-state index contributed by atoms with van der Waals surface area (Å²) in [5.41, 5.74) is 3.96. The van der Waals surface area contributed by atoms with Crippen LogP contribution in [0.15, 0.2) is 34.9 Å². The molecule has 4 nitrogen and oxygen atoms in total. The van der Waals surface area contributed by atoms with Crippen molar-refractivity contribution >= 4 is 25.0 Å². The van der Waals surface area contributed by atoms with Crippen LogP contribution in [0.25, 0.3) is 0 Å². The zero-order chi connectivity index (χ0) is 41.1. The Hall–Kier alpha value is -0.729. The lowest BCUT2D eigenvalue weighted by Gasteiger charge is -2.59. The predicted molar refractivity (Wildman–Crippen MR) is 239 cm³/mol. The maximum atomic E-state index is 11.6. The van der Waals surface area contributed by atoms with Crippen LogP contribution in [0.2, 0.25) is 54.4 Å². The summed E-state index contributed by atoms with van der Waals surface area (Å²) in [4.78, 5) is 0. The molecule has 0 bridgehead atoms. The molecule has 1 N–H and O–H groups in total. The molecule has 54 heavy (non-hydrogen) atoms. The summed E-state index contributed by atoms with van der Waals surface area (Å²) in [7, 11) is -5.94. The lowest BCUT2D eigenvalue weighted by atomic mass is 9.49. The van der Waals surface area contributed by atoms with Crippen LogP contribution in [0.1, 0.15) is 136 Å². The molecule has 4 aliphatic rings. The molecule has 7 heteroatoms. The lowest BCUT2D eigenvalue weighted by Crippen LogP contribution is -2.58. The number of hydrogen-bond donors (Lipinski definition) is 1. The van der Waals surface area contributed by atoms with E-state index in [1.165, 1.54) is 23.7 Å². The fourth-order valence-electron chi connectivity index (χ4n) is 10.5. The van der Waals surface area contributed by atoms with Gasteiger partial charge in [0, 0.05) is 11.3 Å². The molecule has 2 saturated carbocycles. The van der Waals surface area contributed by atoms with Gasteiger partial charge in [-0.3, -0.25) is 0 Å². The van der Waals surface area contributed by atoms with Gasteiger partial charge in [-0.15, -0.1) is 0 Å². The Balaban J connectivity index is 1.65. The van der Waals surface area contributed by atoms with Crippen LogP contribution in [0.5, 0.6) is 0 Å². The minimum absolute atomic E-state index is 0.0166. The molecule has 0 aliphatic heterocycles. The topological polar surface area (TPSA) is 47.9 Å². The minimum Gasteiger partial charge on any atom is -0.414 e. The van der Waals surface area contributed by atoms with Crippen LogP contribution < -0.4 is 0 Å². The second kappa shape index (κ2) is 15.8. The maximum Gasteiger partial charge on any atom is 0.194 e. The first-order valence-corrected chi connectivity index (χ1v) is 30.3. The maximum absolute atomic E-state index is 11.6. The van der Waals surface area contributed by atoms with E-state index in [1.807, 2.05) is 0 Å². The van der Waals surface area contributed by atoms with E-state index in [-0.39, 0.29) is 39.0 Å². The standard InChI is InChI=1S/C47H84O4Si3/c1-20-54(21-2,22-3)50-42-32-36(49-53(18,19)45(12,13)33(4)5)31-35-23-24-37-39-26-25-38(46(39,14)30-27-40(37)47(35,42)15)34(6)41(48)28-29-44(10,11)51-52(16,17)43(7,8)9/h23-25,33-34,36,39-42,48H,20-22,26-27,30-32H2,1-19H3/t34-,36+,39-,40-,41?,42-,46+,47-/m0/s1. The predicted octanol–water partition coefficient (Wildman–Crippen LogP) is 13.2. The van der Waals surface area contributed by atoms with Crippen LogP contribution in [-0.4, -0.2) is 54.0 Å². The first-order valence-electron chi connectivity index (χ1n) is 22.0. The van der Waals surface area contributed by atoms with Crippen molar-refractivity contribution in [2.75, 3.05) is 0 Å². The summed E-state index contributed by atoms with van der Waals surface area (Å²) >= 11 is 0. The molecule has 0 aromatic carbocycles. The third kappa shape index (κ3) is 8.39. The Morgan fingerprint density at radius 1 is 0.870 bits per heavy atom. The van der Waals surface area contributed by atoms with E-state index < -0.39 is 36.7 Å². The average Bonchev–Trinajstić information content (AvgIpc) is 3.42. The Morgan fingerprint density at radius 2 is 1.46 bits per heavy atom. The second-order valence-electron chi connectivity index (χ2n) is 21.9. The number of aliphatic hydroxyl groups is 1. The average molecular weight is 797 g/mol. The van der Waals surface area contributed by atoms with Gasteiger partial charge in [-0.1, -0.05) is 137 Å². The first kappa shape index (κ1) is 46.0. The van der Waals surface area contributed by atoms with Crippen LogP contribution in [0.3, 0.4) is 0 Å². The third-order valence-electron chi connectivity index (χ3n) is 16.8. The number of allylic oxidation sites excluding steroid dienone is 4. The summed E-state index contributed by atoms with van der Waals surface area (Å²) in [5.74, 6) is 8.11. The number of aliphatic hydroxyl groups excluding tert-OH is 1. The van der Waals surface area contributed by atoms with Gasteiger partial charge >= 0.3 is 0 Å². The summed E-state index contributed by atoms with van der Waals surface area (Å²) in [6.45, 7) is 44.3. The Bertz CT molecular complexity index is 1500. The molecule has 308 valence electrons. The number of fused-ring (bicyclic) bond motifs is 5. The molecule has 0 spiro atoms. The lowest BCUT2D eigenvalue weighted by molar-refractivity contribution is -0.0386. The first-order chi connectivity index (χ1) is 24.6. The van der Waals surface area contributed by atoms with E-state index in [9.17, 15) is 5.11 Å². The van der Waals surface area contributed by atoms with Crippen LogP contribution >= 0.6 is 0 Å². The van der Waals surface area contributed by atoms with Crippen molar-refractivity contribution in [1.82, 2.24) is 0 Å². The van der Waals surface area contributed by atoms with Gasteiger partial charge < -0.3 is 18.4 Å². The molecule has 0 heterocycles.